The second-order valence-electron chi connectivity index (χ2n) is 6.76. The van der Waals surface area contributed by atoms with Gasteiger partial charge in [-0.2, -0.15) is 0 Å². The number of hydrazine groups is 1. The molecule has 3 N–H and O–H groups in total. The maximum absolute atomic E-state index is 5.95. The van der Waals surface area contributed by atoms with Gasteiger partial charge in [0.1, 0.15) is 0 Å². The van der Waals surface area contributed by atoms with Crippen LogP contribution in [-0.4, -0.2) is 11.0 Å². The molecular weight excluding hydrogens is 246 g/mol. The summed E-state index contributed by atoms with van der Waals surface area (Å²) in [6.07, 6.45) is 10.9. The van der Waals surface area contributed by atoms with Crippen molar-refractivity contribution < 1.29 is 0 Å². The summed E-state index contributed by atoms with van der Waals surface area (Å²) in [6.45, 7) is 2.37. The maximum atomic E-state index is 5.95. The van der Waals surface area contributed by atoms with Gasteiger partial charge in [-0.25, -0.2) is 0 Å². The molecule has 0 saturated heterocycles. The molecule has 1 fully saturated rings. The molecule has 0 spiro atoms. The highest BCUT2D eigenvalue weighted by molar-refractivity contribution is 5.27. The predicted octanol–water partition coefficient (Wildman–Crippen LogP) is 3.16. The number of aryl methyl sites for hydroxylation is 1. The number of fused-ring (bicyclic) bond motifs is 1. The zero-order chi connectivity index (χ0) is 13.9. The van der Waals surface area contributed by atoms with Gasteiger partial charge in [0.05, 0.1) is 0 Å². The van der Waals surface area contributed by atoms with Crippen LogP contribution in [0, 0.1) is 11.8 Å². The first-order chi connectivity index (χ1) is 9.79. The molecule has 2 aliphatic rings. The highest BCUT2D eigenvalue weighted by atomic mass is 15.2. The Labute approximate surface area is 122 Å². The number of aromatic nitrogens is 1. The van der Waals surface area contributed by atoms with Crippen molar-refractivity contribution in [3.63, 3.8) is 0 Å². The first-order valence-corrected chi connectivity index (χ1v) is 8.19. The van der Waals surface area contributed by atoms with E-state index in [1.807, 2.05) is 6.20 Å². The van der Waals surface area contributed by atoms with E-state index in [1.165, 1.54) is 56.2 Å². The number of nitrogens with two attached hydrogens (primary N) is 1. The molecule has 1 aromatic heterocycles. The largest absolute Gasteiger partial charge is 0.271 e. The number of pyridine rings is 1. The first kappa shape index (κ1) is 14.0. The number of rotatable bonds is 3. The zero-order valence-corrected chi connectivity index (χ0v) is 12.5. The quantitative estimate of drug-likeness (QED) is 0.657. The second kappa shape index (κ2) is 6.23. The van der Waals surface area contributed by atoms with Gasteiger partial charge in [-0.1, -0.05) is 25.8 Å². The molecule has 0 amide bonds. The van der Waals surface area contributed by atoms with Crippen molar-refractivity contribution in [2.24, 2.45) is 17.7 Å². The fraction of sp³-hybridized carbons (Fsp3) is 0.706. The first-order valence-electron chi connectivity index (χ1n) is 8.19. The van der Waals surface area contributed by atoms with Crippen molar-refractivity contribution in [2.75, 3.05) is 0 Å². The van der Waals surface area contributed by atoms with E-state index in [0.717, 1.165) is 5.92 Å². The SMILES string of the molecule is CC1CCC(C(NN)C2CCCc3cccnc32)CC1. The minimum absolute atomic E-state index is 0.399. The molecule has 0 bridgehead atoms. The molecule has 0 aromatic carbocycles. The molecule has 1 aromatic rings. The van der Waals surface area contributed by atoms with Crippen LogP contribution < -0.4 is 11.3 Å². The number of hydrogen-bond donors (Lipinski definition) is 2. The fourth-order valence-corrected chi connectivity index (χ4v) is 4.22. The average Bonchev–Trinajstić information content (AvgIpc) is 2.50. The lowest BCUT2D eigenvalue weighted by Gasteiger charge is -2.38. The lowest BCUT2D eigenvalue weighted by Crippen LogP contribution is -2.47. The van der Waals surface area contributed by atoms with Gasteiger partial charge in [0.25, 0.3) is 0 Å². The molecule has 3 heteroatoms. The summed E-state index contributed by atoms with van der Waals surface area (Å²) in [4.78, 5) is 4.68. The number of nitrogens with zero attached hydrogens (tertiary/aromatic N) is 1. The van der Waals surface area contributed by atoms with Crippen LogP contribution in [0.15, 0.2) is 18.3 Å². The third kappa shape index (κ3) is 2.75. The van der Waals surface area contributed by atoms with Crippen LogP contribution in [0.1, 0.15) is 62.6 Å². The van der Waals surface area contributed by atoms with Gasteiger partial charge in [0, 0.05) is 23.9 Å². The molecule has 1 saturated carbocycles. The van der Waals surface area contributed by atoms with Gasteiger partial charge in [0.2, 0.25) is 0 Å². The van der Waals surface area contributed by atoms with Crippen LogP contribution in [0.3, 0.4) is 0 Å². The van der Waals surface area contributed by atoms with E-state index in [-0.39, 0.29) is 0 Å². The molecule has 3 rings (SSSR count). The Bertz CT molecular complexity index is 438. The van der Waals surface area contributed by atoms with Crippen molar-refractivity contribution in [1.29, 1.82) is 0 Å². The summed E-state index contributed by atoms with van der Waals surface area (Å²) in [6, 6.07) is 4.70. The monoisotopic (exact) mass is 273 g/mol. The smallest absolute Gasteiger partial charge is 0.0482 e. The van der Waals surface area contributed by atoms with E-state index >= 15 is 0 Å². The van der Waals surface area contributed by atoms with E-state index in [1.54, 1.807) is 0 Å². The standard InChI is InChI=1S/C17H27N3/c1-12-7-9-14(10-8-12)17(20-18)15-6-2-4-13-5-3-11-19-16(13)15/h3,5,11-12,14-15,17,20H,2,4,6-10,18H2,1H3. The van der Waals surface area contributed by atoms with Crippen molar-refractivity contribution in [1.82, 2.24) is 10.4 Å². The van der Waals surface area contributed by atoms with Crippen molar-refractivity contribution in [3.05, 3.63) is 29.6 Å². The van der Waals surface area contributed by atoms with Gasteiger partial charge < -0.3 is 0 Å². The number of hydrogen-bond acceptors (Lipinski definition) is 3. The van der Waals surface area contributed by atoms with Crippen LogP contribution in [0.5, 0.6) is 0 Å². The fourth-order valence-electron chi connectivity index (χ4n) is 4.22. The van der Waals surface area contributed by atoms with Crippen LogP contribution >= 0.6 is 0 Å². The van der Waals surface area contributed by atoms with Gasteiger partial charge in [-0.05, 0) is 55.6 Å². The van der Waals surface area contributed by atoms with Crippen LogP contribution in [0.25, 0.3) is 0 Å². The van der Waals surface area contributed by atoms with Crippen molar-refractivity contribution in [3.8, 4) is 0 Å². The lowest BCUT2D eigenvalue weighted by atomic mass is 9.71. The van der Waals surface area contributed by atoms with E-state index < -0.39 is 0 Å². The molecule has 1 heterocycles. The summed E-state index contributed by atoms with van der Waals surface area (Å²) in [5.74, 6) is 8.06. The molecule has 3 nitrogen and oxygen atoms in total. The molecule has 0 aliphatic heterocycles. The normalized spacial score (nSPS) is 31.6. The summed E-state index contributed by atoms with van der Waals surface area (Å²) in [5.41, 5.74) is 5.90. The lowest BCUT2D eigenvalue weighted by molar-refractivity contribution is 0.200. The maximum Gasteiger partial charge on any atom is 0.0482 e. The molecule has 2 aliphatic carbocycles. The molecule has 110 valence electrons. The van der Waals surface area contributed by atoms with Crippen molar-refractivity contribution >= 4 is 0 Å². The molecule has 2 unspecified atom stereocenters. The van der Waals surface area contributed by atoms with E-state index in [0.29, 0.717) is 17.9 Å². The van der Waals surface area contributed by atoms with Crippen LogP contribution in [0.2, 0.25) is 0 Å². The van der Waals surface area contributed by atoms with E-state index in [9.17, 15) is 0 Å². The van der Waals surface area contributed by atoms with Gasteiger partial charge in [-0.15, -0.1) is 0 Å². The topological polar surface area (TPSA) is 50.9 Å². The number of nitrogens with one attached hydrogen (secondary N) is 1. The highest BCUT2D eigenvalue weighted by Gasteiger charge is 2.35. The van der Waals surface area contributed by atoms with Crippen molar-refractivity contribution in [2.45, 2.75) is 63.8 Å². The van der Waals surface area contributed by atoms with Gasteiger partial charge in [0.15, 0.2) is 0 Å². The van der Waals surface area contributed by atoms with E-state index in [2.05, 4.69) is 29.5 Å². The molecule has 20 heavy (non-hydrogen) atoms. The Hall–Kier alpha value is -0.930. The summed E-state index contributed by atoms with van der Waals surface area (Å²) < 4.78 is 0. The van der Waals surface area contributed by atoms with Crippen LogP contribution in [-0.2, 0) is 6.42 Å². The van der Waals surface area contributed by atoms with Gasteiger partial charge in [-0.3, -0.25) is 16.3 Å². The average molecular weight is 273 g/mol. The molecule has 0 radical (unpaired) electrons. The van der Waals surface area contributed by atoms with E-state index in [4.69, 9.17) is 5.84 Å². The Morgan fingerprint density at radius 2 is 2.05 bits per heavy atom. The minimum atomic E-state index is 0.399. The Morgan fingerprint density at radius 1 is 1.25 bits per heavy atom. The van der Waals surface area contributed by atoms with Gasteiger partial charge >= 0.3 is 0 Å². The zero-order valence-electron chi connectivity index (χ0n) is 12.5. The third-order valence-corrected chi connectivity index (χ3v) is 5.43. The Kier molecular flexibility index (Phi) is 4.37. The Morgan fingerprint density at radius 3 is 2.80 bits per heavy atom. The summed E-state index contributed by atoms with van der Waals surface area (Å²) in [5, 5.41) is 0. The second-order valence-corrected chi connectivity index (χ2v) is 6.76. The van der Waals surface area contributed by atoms with Crippen LogP contribution in [0.4, 0.5) is 0 Å². The molecule has 2 atom stereocenters. The minimum Gasteiger partial charge on any atom is -0.271 e. The highest BCUT2D eigenvalue weighted by Crippen LogP contribution is 2.39. The summed E-state index contributed by atoms with van der Waals surface area (Å²) in [7, 11) is 0. The Balaban J connectivity index is 1.80. The molecular formula is C17H27N3. The predicted molar refractivity (Wildman–Crippen MR) is 82.1 cm³/mol. The third-order valence-electron chi connectivity index (χ3n) is 5.43. The summed E-state index contributed by atoms with van der Waals surface area (Å²) >= 11 is 0.